The fraction of sp³-hybridized carbons (Fsp3) is 0.467. The van der Waals surface area contributed by atoms with Crippen molar-refractivity contribution < 1.29 is 24.2 Å². The maximum atomic E-state index is 12.3. The molecular formula is C15H21NO5. The molecule has 0 atom stereocenters. The van der Waals surface area contributed by atoms with E-state index < -0.39 is 5.97 Å². The predicted molar refractivity (Wildman–Crippen MR) is 78.0 cm³/mol. The van der Waals surface area contributed by atoms with E-state index in [1.165, 1.54) is 12.0 Å². The number of carbonyl (C=O) groups excluding carboxylic acids is 1. The molecule has 1 N–H and O–H groups in total. The normalized spacial score (nSPS) is 10.3. The molecule has 0 spiro atoms. The van der Waals surface area contributed by atoms with Crippen LogP contribution in [0, 0.1) is 0 Å². The van der Waals surface area contributed by atoms with E-state index in [-0.39, 0.29) is 18.6 Å². The van der Waals surface area contributed by atoms with Gasteiger partial charge in [-0.25, -0.2) is 0 Å². The number of aliphatic carboxylic acids is 1. The predicted octanol–water partition coefficient (Wildman–Crippen LogP) is 2.03. The Morgan fingerprint density at radius 2 is 1.95 bits per heavy atom. The van der Waals surface area contributed by atoms with Gasteiger partial charge in [-0.2, -0.15) is 0 Å². The number of ether oxygens (including phenoxy) is 2. The Labute approximate surface area is 124 Å². The van der Waals surface area contributed by atoms with Crippen LogP contribution in [0.1, 0.15) is 31.1 Å². The molecule has 0 heterocycles. The number of likely N-dealkylation sites (N-methyl/N-ethyl adjacent to an activating group) is 1. The molecule has 0 saturated carbocycles. The third-order valence-electron chi connectivity index (χ3n) is 2.77. The third-order valence-corrected chi connectivity index (χ3v) is 2.77. The van der Waals surface area contributed by atoms with Crippen molar-refractivity contribution >= 4 is 11.9 Å². The number of methoxy groups -OCH3 is 1. The van der Waals surface area contributed by atoms with Crippen molar-refractivity contribution in [2.45, 2.75) is 26.9 Å². The maximum Gasteiger partial charge on any atom is 0.323 e. The quantitative estimate of drug-likeness (QED) is 0.833. The lowest BCUT2D eigenvalue weighted by atomic mass is 10.1. The van der Waals surface area contributed by atoms with Crippen LogP contribution in [0.25, 0.3) is 0 Å². The van der Waals surface area contributed by atoms with Crippen molar-refractivity contribution in [1.82, 2.24) is 4.90 Å². The molecule has 6 heteroatoms. The fourth-order valence-electron chi connectivity index (χ4n) is 1.82. The van der Waals surface area contributed by atoms with E-state index in [2.05, 4.69) is 0 Å². The molecule has 116 valence electrons. The van der Waals surface area contributed by atoms with E-state index >= 15 is 0 Å². The monoisotopic (exact) mass is 295 g/mol. The third kappa shape index (κ3) is 4.66. The molecule has 0 fully saturated rings. The molecule has 21 heavy (non-hydrogen) atoms. The molecule has 0 saturated heterocycles. The highest BCUT2D eigenvalue weighted by molar-refractivity contribution is 5.96. The zero-order valence-electron chi connectivity index (χ0n) is 12.8. The van der Waals surface area contributed by atoms with Gasteiger partial charge in [0.25, 0.3) is 5.91 Å². The summed E-state index contributed by atoms with van der Waals surface area (Å²) in [6.45, 7) is 5.50. The fourth-order valence-corrected chi connectivity index (χ4v) is 1.82. The minimum Gasteiger partial charge on any atom is -0.493 e. The van der Waals surface area contributed by atoms with Gasteiger partial charge in [-0.1, -0.05) is 0 Å². The first-order valence-corrected chi connectivity index (χ1v) is 6.74. The van der Waals surface area contributed by atoms with Crippen molar-refractivity contribution in [3.8, 4) is 11.5 Å². The summed E-state index contributed by atoms with van der Waals surface area (Å²) < 4.78 is 10.8. The molecule has 1 aromatic rings. The van der Waals surface area contributed by atoms with Gasteiger partial charge in [0.2, 0.25) is 0 Å². The highest BCUT2D eigenvalue weighted by atomic mass is 16.5. The molecule has 1 amide bonds. The van der Waals surface area contributed by atoms with Crippen molar-refractivity contribution in [3.63, 3.8) is 0 Å². The van der Waals surface area contributed by atoms with Crippen LogP contribution in [-0.2, 0) is 4.79 Å². The second kappa shape index (κ2) is 7.52. The van der Waals surface area contributed by atoms with Crippen molar-refractivity contribution in [3.05, 3.63) is 23.8 Å². The Bertz CT molecular complexity index is 513. The second-order valence-corrected chi connectivity index (χ2v) is 4.75. The second-order valence-electron chi connectivity index (χ2n) is 4.75. The standard InChI is InChI=1S/C15H21NO5/c1-5-16(9-14(17)18)15(19)11-6-7-12(21-10(2)3)13(8-11)20-4/h6-8,10H,5,9H2,1-4H3,(H,17,18). The summed E-state index contributed by atoms with van der Waals surface area (Å²) >= 11 is 0. The van der Waals surface area contributed by atoms with Gasteiger partial charge in [0.1, 0.15) is 6.54 Å². The molecule has 1 aromatic carbocycles. The lowest BCUT2D eigenvalue weighted by Crippen LogP contribution is -2.35. The van der Waals surface area contributed by atoms with Crippen molar-refractivity contribution in [2.24, 2.45) is 0 Å². The van der Waals surface area contributed by atoms with E-state index in [1.807, 2.05) is 13.8 Å². The molecule has 0 aliphatic heterocycles. The van der Waals surface area contributed by atoms with Crippen LogP contribution in [0.5, 0.6) is 11.5 Å². The molecule has 0 aliphatic carbocycles. The molecular weight excluding hydrogens is 274 g/mol. The van der Waals surface area contributed by atoms with E-state index in [4.69, 9.17) is 14.6 Å². The molecule has 0 bridgehead atoms. The molecule has 0 aliphatic rings. The van der Waals surface area contributed by atoms with Gasteiger partial charge in [0.05, 0.1) is 13.2 Å². The van der Waals surface area contributed by atoms with Gasteiger partial charge in [0.15, 0.2) is 11.5 Å². The van der Waals surface area contributed by atoms with E-state index in [9.17, 15) is 9.59 Å². The van der Waals surface area contributed by atoms with Gasteiger partial charge < -0.3 is 19.5 Å². The van der Waals surface area contributed by atoms with Crippen LogP contribution in [0.4, 0.5) is 0 Å². The first-order chi connectivity index (χ1) is 9.88. The van der Waals surface area contributed by atoms with E-state index in [1.54, 1.807) is 25.1 Å². The summed E-state index contributed by atoms with van der Waals surface area (Å²) in [6.07, 6.45) is -0.0143. The number of carboxylic acid groups (broad SMARTS) is 1. The van der Waals surface area contributed by atoms with Crippen molar-refractivity contribution in [2.75, 3.05) is 20.2 Å². The van der Waals surface area contributed by atoms with Gasteiger partial charge in [0, 0.05) is 12.1 Å². The lowest BCUT2D eigenvalue weighted by Gasteiger charge is -2.20. The number of nitrogens with zero attached hydrogens (tertiary/aromatic N) is 1. The van der Waals surface area contributed by atoms with Crippen LogP contribution in [0.3, 0.4) is 0 Å². The summed E-state index contributed by atoms with van der Waals surface area (Å²) in [5.41, 5.74) is 0.367. The lowest BCUT2D eigenvalue weighted by molar-refractivity contribution is -0.137. The largest absolute Gasteiger partial charge is 0.493 e. The van der Waals surface area contributed by atoms with Gasteiger partial charge in [-0.3, -0.25) is 9.59 Å². The maximum absolute atomic E-state index is 12.3. The summed E-state index contributed by atoms with van der Waals surface area (Å²) in [7, 11) is 1.49. The van der Waals surface area contributed by atoms with Gasteiger partial charge in [-0.15, -0.1) is 0 Å². The Balaban J connectivity index is 3.02. The van der Waals surface area contributed by atoms with Crippen molar-refractivity contribution in [1.29, 1.82) is 0 Å². The number of hydrogen-bond donors (Lipinski definition) is 1. The first kappa shape index (κ1) is 16.8. The molecule has 0 aromatic heterocycles. The Morgan fingerprint density at radius 1 is 1.29 bits per heavy atom. The van der Waals surface area contributed by atoms with Gasteiger partial charge in [-0.05, 0) is 39.0 Å². The van der Waals surface area contributed by atoms with Crippen LogP contribution < -0.4 is 9.47 Å². The Kier molecular flexibility index (Phi) is 6.02. The number of benzene rings is 1. The molecule has 1 rings (SSSR count). The summed E-state index contributed by atoms with van der Waals surface area (Å²) in [5.74, 6) is -0.405. The van der Waals surface area contributed by atoms with Crippen LogP contribution in [-0.4, -0.2) is 48.2 Å². The number of carbonyl (C=O) groups is 2. The van der Waals surface area contributed by atoms with Crippen LogP contribution in [0.2, 0.25) is 0 Å². The summed E-state index contributed by atoms with van der Waals surface area (Å²) in [6, 6.07) is 4.82. The first-order valence-electron chi connectivity index (χ1n) is 6.74. The minimum atomic E-state index is -1.04. The Morgan fingerprint density at radius 3 is 2.43 bits per heavy atom. The summed E-state index contributed by atoms with van der Waals surface area (Å²) in [4.78, 5) is 24.3. The summed E-state index contributed by atoms with van der Waals surface area (Å²) in [5, 5.41) is 8.82. The highest BCUT2D eigenvalue weighted by Crippen LogP contribution is 2.29. The average molecular weight is 295 g/mol. The van der Waals surface area contributed by atoms with Crippen LogP contribution in [0.15, 0.2) is 18.2 Å². The van der Waals surface area contributed by atoms with Gasteiger partial charge >= 0.3 is 5.97 Å². The smallest absolute Gasteiger partial charge is 0.323 e. The minimum absolute atomic E-state index is 0.0143. The average Bonchev–Trinajstić information content (AvgIpc) is 2.43. The highest BCUT2D eigenvalue weighted by Gasteiger charge is 2.19. The zero-order chi connectivity index (χ0) is 16.0. The molecule has 0 radical (unpaired) electrons. The topological polar surface area (TPSA) is 76.1 Å². The van der Waals surface area contributed by atoms with E-state index in [0.29, 0.717) is 23.6 Å². The number of hydrogen-bond acceptors (Lipinski definition) is 4. The number of carboxylic acids is 1. The number of amides is 1. The van der Waals surface area contributed by atoms with E-state index in [0.717, 1.165) is 0 Å². The molecule has 6 nitrogen and oxygen atoms in total. The zero-order valence-corrected chi connectivity index (χ0v) is 12.8. The SMILES string of the molecule is CCN(CC(=O)O)C(=O)c1ccc(OC(C)C)c(OC)c1. The molecule has 0 unspecified atom stereocenters. The van der Waals surface area contributed by atoms with Crippen LogP contribution >= 0.6 is 0 Å². The number of rotatable bonds is 7. The Hall–Kier alpha value is -2.24.